The molecule has 0 amide bonds. The first kappa shape index (κ1) is 13.5. The minimum absolute atomic E-state index is 0.680. The van der Waals surface area contributed by atoms with Crippen molar-refractivity contribution < 1.29 is 4.74 Å². The van der Waals surface area contributed by atoms with Gasteiger partial charge in [0.2, 0.25) is 0 Å². The van der Waals surface area contributed by atoms with Crippen LogP contribution in [0.1, 0.15) is 11.3 Å². The Labute approximate surface area is 127 Å². The molecule has 0 saturated heterocycles. The Morgan fingerprint density at radius 2 is 1.90 bits per heavy atom. The first-order valence-electron chi connectivity index (χ1n) is 6.67. The van der Waals surface area contributed by atoms with E-state index in [2.05, 4.69) is 29.6 Å². The summed E-state index contributed by atoms with van der Waals surface area (Å²) in [7, 11) is 0. The van der Waals surface area contributed by atoms with E-state index in [-0.39, 0.29) is 0 Å². The third-order valence-corrected chi connectivity index (χ3v) is 4.46. The highest BCUT2D eigenvalue weighted by Gasteiger charge is 2.07. The molecule has 0 saturated carbocycles. The van der Waals surface area contributed by atoms with Gasteiger partial charge in [0, 0.05) is 10.3 Å². The van der Waals surface area contributed by atoms with Crippen LogP contribution in [-0.4, -0.2) is 6.61 Å². The number of halogens is 1. The third kappa shape index (κ3) is 2.97. The van der Waals surface area contributed by atoms with Gasteiger partial charge in [0.1, 0.15) is 5.75 Å². The number of rotatable bonds is 5. The average molecular weight is 303 g/mol. The zero-order valence-corrected chi connectivity index (χ0v) is 12.6. The van der Waals surface area contributed by atoms with Crippen molar-refractivity contribution in [3.8, 4) is 5.75 Å². The summed E-state index contributed by atoms with van der Waals surface area (Å²) >= 11 is 8.05. The fraction of sp³-hybridized carbons (Fsp3) is 0.176. The van der Waals surface area contributed by atoms with Crippen LogP contribution in [0, 0.1) is 0 Å². The Bertz CT molecular complexity index is 691. The van der Waals surface area contributed by atoms with Crippen LogP contribution in [0.4, 0.5) is 0 Å². The van der Waals surface area contributed by atoms with Gasteiger partial charge in [0.05, 0.1) is 11.6 Å². The van der Waals surface area contributed by atoms with Crippen molar-refractivity contribution in [2.75, 3.05) is 6.61 Å². The molecule has 1 nitrogen and oxygen atoms in total. The second kappa shape index (κ2) is 6.29. The van der Waals surface area contributed by atoms with Gasteiger partial charge >= 0.3 is 0 Å². The lowest BCUT2D eigenvalue weighted by atomic mass is 10.1. The Kier molecular flexibility index (Phi) is 4.24. The molecule has 1 heterocycles. The van der Waals surface area contributed by atoms with Crippen molar-refractivity contribution in [2.45, 2.75) is 12.8 Å². The maximum atomic E-state index is 6.26. The third-order valence-electron chi connectivity index (χ3n) is 3.23. The van der Waals surface area contributed by atoms with Crippen molar-refractivity contribution in [1.29, 1.82) is 0 Å². The highest BCUT2D eigenvalue weighted by atomic mass is 35.5. The van der Waals surface area contributed by atoms with E-state index in [0.717, 1.165) is 29.4 Å². The summed E-state index contributed by atoms with van der Waals surface area (Å²) in [5.41, 5.74) is 0. The molecule has 3 rings (SSSR count). The van der Waals surface area contributed by atoms with Gasteiger partial charge in [-0.2, -0.15) is 0 Å². The number of aryl methyl sites for hydroxylation is 1. The number of thiophene rings is 1. The fourth-order valence-electron chi connectivity index (χ4n) is 2.24. The van der Waals surface area contributed by atoms with Crippen LogP contribution < -0.4 is 4.74 Å². The molecule has 0 aliphatic carbocycles. The van der Waals surface area contributed by atoms with Crippen molar-refractivity contribution in [1.82, 2.24) is 0 Å². The number of benzene rings is 2. The van der Waals surface area contributed by atoms with Gasteiger partial charge < -0.3 is 4.74 Å². The lowest BCUT2D eigenvalue weighted by molar-refractivity contribution is 0.315. The summed E-state index contributed by atoms with van der Waals surface area (Å²) in [6.07, 6.45) is 2.06. The summed E-state index contributed by atoms with van der Waals surface area (Å²) in [6.45, 7) is 0.686. The molecule has 3 aromatic rings. The minimum Gasteiger partial charge on any atom is -0.491 e. The Hall–Kier alpha value is -1.51. The fourth-order valence-corrected chi connectivity index (χ4v) is 3.21. The molecule has 0 N–H and O–H groups in total. The largest absolute Gasteiger partial charge is 0.491 e. The smallest absolute Gasteiger partial charge is 0.145 e. The second-order valence-corrected chi connectivity index (χ2v) is 6.07. The molecular weight excluding hydrogens is 288 g/mol. The van der Waals surface area contributed by atoms with Gasteiger partial charge in [-0.1, -0.05) is 48.0 Å². The van der Waals surface area contributed by atoms with Gasteiger partial charge in [-0.05, 0) is 35.7 Å². The van der Waals surface area contributed by atoms with Gasteiger partial charge in [0.25, 0.3) is 0 Å². The van der Waals surface area contributed by atoms with Crippen LogP contribution in [0.15, 0.2) is 53.9 Å². The molecule has 0 aliphatic heterocycles. The SMILES string of the molecule is Clc1ccc2ccccc2c1OCCCc1cccs1. The van der Waals surface area contributed by atoms with E-state index in [4.69, 9.17) is 16.3 Å². The predicted molar refractivity (Wildman–Crippen MR) is 87.1 cm³/mol. The van der Waals surface area contributed by atoms with Crippen LogP contribution in [-0.2, 0) is 6.42 Å². The van der Waals surface area contributed by atoms with E-state index in [1.54, 1.807) is 11.3 Å². The number of ether oxygens (including phenoxy) is 1. The van der Waals surface area contributed by atoms with Crippen LogP contribution >= 0.6 is 22.9 Å². The molecule has 2 aromatic carbocycles. The molecule has 0 radical (unpaired) electrons. The summed E-state index contributed by atoms with van der Waals surface area (Å²) in [5.74, 6) is 0.802. The van der Waals surface area contributed by atoms with E-state index >= 15 is 0 Å². The standard InChI is InChI=1S/C17H15ClOS/c18-16-10-9-13-5-1-2-8-15(13)17(16)19-11-3-6-14-7-4-12-20-14/h1-2,4-5,7-10,12H,3,6,11H2. The highest BCUT2D eigenvalue weighted by molar-refractivity contribution is 7.09. The Morgan fingerprint density at radius 1 is 1.00 bits per heavy atom. The van der Waals surface area contributed by atoms with Crippen molar-refractivity contribution in [3.05, 3.63) is 63.8 Å². The van der Waals surface area contributed by atoms with E-state index in [1.807, 2.05) is 24.3 Å². The van der Waals surface area contributed by atoms with Gasteiger partial charge in [0.15, 0.2) is 0 Å². The van der Waals surface area contributed by atoms with Crippen molar-refractivity contribution in [2.24, 2.45) is 0 Å². The first-order chi connectivity index (χ1) is 9.84. The molecule has 0 spiro atoms. The molecule has 102 valence electrons. The van der Waals surface area contributed by atoms with Crippen molar-refractivity contribution in [3.63, 3.8) is 0 Å². The summed E-state index contributed by atoms with van der Waals surface area (Å²) in [6, 6.07) is 16.3. The second-order valence-electron chi connectivity index (χ2n) is 4.63. The van der Waals surface area contributed by atoms with Gasteiger partial charge in [-0.25, -0.2) is 0 Å². The molecule has 0 bridgehead atoms. The quantitative estimate of drug-likeness (QED) is 0.560. The molecular formula is C17H15ClOS. The number of hydrogen-bond acceptors (Lipinski definition) is 2. The zero-order valence-electron chi connectivity index (χ0n) is 11.0. The normalized spacial score (nSPS) is 10.8. The predicted octanol–water partition coefficient (Wildman–Crippen LogP) is 5.57. The summed E-state index contributed by atoms with van der Waals surface area (Å²) in [5, 5.41) is 5.03. The van der Waals surface area contributed by atoms with Gasteiger partial charge in [-0.3, -0.25) is 0 Å². The highest BCUT2D eigenvalue weighted by Crippen LogP contribution is 2.33. The molecule has 0 aliphatic rings. The molecule has 0 atom stereocenters. The number of fused-ring (bicyclic) bond motifs is 1. The topological polar surface area (TPSA) is 9.23 Å². The van der Waals surface area contributed by atoms with Crippen LogP contribution in [0.3, 0.4) is 0 Å². The maximum absolute atomic E-state index is 6.26. The molecule has 20 heavy (non-hydrogen) atoms. The molecule has 1 aromatic heterocycles. The first-order valence-corrected chi connectivity index (χ1v) is 7.93. The number of hydrogen-bond donors (Lipinski definition) is 0. The molecule has 0 unspecified atom stereocenters. The summed E-state index contributed by atoms with van der Waals surface area (Å²) in [4.78, 5) is 1.40. The lowest BCUT2D eigenvalue weighted by Gasteiger charge is -2.11. The van der Waals surface area contributed by atoms with Crippen LogP contribution in [0.2, 0.25) is 5.02 Å². The van der Waals surface area contributed by atoms with E-state index < -0.39 is 0 Å². The zero-order chi connectivity index (χ0) is 13.8. The maximum Gasteiger partial charge on any atom is 0.145 e. The van der Waals surface area contributed by atoms with Crippen molar-refractivity contribution >= 4 is 33.7 Å². The lowest BCUT2D eigenvalue weighted by Crippen LogP contribution is -1.99. The van der Waals surface area contributed by atoms with E-state index in [1.165, 1.54) is 4.88 Å². The van der Waals surface area contributed by atoms with E-state index in [0.29, 0.717) is 11.6 Å². The molecule has 0 fully saturated rings. The van der Waals surface area contributed by atoms with Gasteiger partial charge in [-0.15, -0.1) is 11.3 Å². The molecule has 3 heteroatoms. The Balaban J connectivity index is 1.69. The minimum atomic E-state index is 0.680. The van der Waals surface area contributed by atoms with Crippen LogP contribution in [0.5, 0.6) is 5.75 Å². The summed E-state index contributed by atoms with van der Waals surface area (Å²) < 4.78 is 5.92. The monoisotopic (exact) mass is 302 g/mol. The Morgan fingerprint density at radius 3 is 2.75 bits per heavy atom. The average Bonchev–Trinajstić information content (AvgIpc) is 2.98. The van der Waals surface area contributed by atoms with E-state index in [9.17, 15) is 0 Å². The van der Waals surface area contributed by atoms with Crippen LogP contribution in [0.25, 0.3) is 10.8 Å².